The molecule has 1 aliphatic rings. The van der Waals surface area contributed by atoms with Gasteiger partial charge in [-0.3, -0.25) is 4.79 Å². The predicted octanol–water partition coefficient (Wildman–Crippen LogP) is 2.78. The molecule has 3 rings (SSSR count). The van der Waals surface area contributed by atoms with Crippen LogP contribution in [0.2, 0.25) is 0 Å². The lowest BCUT2D eigenvalue weighted by Gasteiger charge is -2.16. The highest BCUT2D eigenvalue weighted by atomic mass is 19.1. The number of benzene rings is 2. The maximum Gasteiger partial charge on any atom is 0.338 e. The first kappa shape index (κ1) is 15.7. The minimum atomic E-state index is -0.645. The summed E-state index contributed by atoms with van der Waals surface area (Å²) < 4.78 is 23.8. The van der Waals surface area contributed by atoms with Crippen molar-refractivity contribution in [2.75, 3.05) is 18.5 Å². The molecule has 6 heteroatoms. The Morgan fingerprint density at radius 2 is 1.88 bits per heavy atom. The van der Waals surface area contributed by atoms with Gasteiger partial charge in [-0.05, 0) is 24.3 Å². The number of hydrogen-bond donors (Lipinski definition) is 1. The number of nitrogens with one attached hydrogen (secondary N) is 1. The van der Waals surface area contributed by atoms with Crippen molar-refractivity contribution < 1.29 is 23.5 Å². The molecule has 0 unspecified atom stereocenters. The molecule has 0 atom stereocenters. The van der Waals surface area contributed by atoms with E-state index in [1.165, 1.54) is 18.2 Å². The molecular formula is C18H14FNO4. The Bertz CT molecular complexity index is 816. The molecule has 0 aliphatic carbocycles. The van der Waals surface area contributed by atoms with Crippen LogP contribution in [-0.4, -0.2) is 25.1 Å². The van der Waals surface area contributed by atoms with Gasteiger partial charge < -0.3 is 14.8 Å². The zero-order valence-corrected chi connectivity index (χ0v) is 12.6. The number of fused-ring (bicyclic) bond motifs is 1. The molecule has 1 aliphatic heterocycles. The van der Waals surface area contributed by atoms with Crippen LogP contribution in [0.5, 0.6) is 5.75 Å². The molecule has 5 nitrogen and oxygen atoms in total. The number of hydrogen-bond acceptors (Lipinski definition) is 4. The van der Waals surface area contributed by atoms with Crippen LogP contribution in [0.4, 0.5) is 10.1 Å². The van der Waals surface area contributed by atoms with E-state index in [2.05, 4.69) is 5.32 Å². The van der Waals surface area contributed by atoms with E-state index < -0.39 is 24.3 Å². The zero-order chi connectivity index (χ0) is 16.9. The first-order valence-corrected chi connectivity index (χ1v) is 7.27. The normalized spacial score (nSPS) is 12.5. The third-order valence-corrected chi connectivity index (χ3v) is 3.38. The molecule has 1 amide bonds. The van der Waals surface area contributed by atoms with Crippen molar-refractivity contribution in [3.63, 3.8) is 0 Å². The number of carbonyl (C=O) groups excluding carboxylic acids is 2. The molecule has 0 saturated carbocycles. The lowest BCUT2D eigenvalue weighted by atomic mass is 10.1. The monoisotopic (exact) mass is 327 g/mol. The number of anilines is 1. The van der Waals surface area contributed by atoms with Crippen LogP contribution < -0.4 is 10.1 Å². The Morgan fingerprint density at radius 3 is 2.71 bits per heavy atom. The Balaban J connectivity index is 1.57. The van der Waals surface area contributed by atoms with Gasteiger partial charge in [0.05, 0.1) is 11.3 Å². The summed E-state index contributed by atoms with van der Waals surface area (Å²) in [5.74, 6) is -1.14. The maximum absolute atomic E-state index is 13.4. The second kappa shape index (κ2) is 6.95. The van der Waals surface area contributed by atoms with E-state index in [9.17, 15) is 14.0 Å². The third kappa shape index (κ3) is 3.60. The molecule has 0 radical (unpaired) electrons. The number of para-hydroxylation sites is 2. The highest BCUT2D eigenvalue weighted by Gasteiger charge is 2.19. The van der Waals surface area contributed by atoms with Gasteiger partial charge in [-0.15, -0.1) is 0 Å². The number of carbonyl (C=O) groups is 2. The predicted molar refractivity (Wildman–Crippen MR) is 85.9 cm³/mol. The largest absolute Gasteiger partial charge is 0.488 e. The summed E-state index contributed by atoms with van der Waals surface area (Å²) in [5, 5.41) is 2.34. The molecule has 0 saturated heterocycles. The first-order valence-electron chi connectivity index (χ1n) is 7.27. The van der Waals surface area contributed by atoms with Gasteiger partial charge in [0.15, 0.2) is 6.61 Å². The van der Waals surface area contributed by atoms with E-state index in [0.29, 0.717) is 11.3 Å². The number of halogens is 1. The van der Waals surface area contributed by atoms with Gasteiger partial charge in [-0.1, -0.05) is 30.3 Å². The van der Waals surface area contributed by atoms with E-state index in [4.69, 9.17) is 9.47 Å². The van der Waals surface area contributed by atoms with E-state index in [1.54, 1.807) is 18.2 Å². The summed E-state index contributed by atoms with van der Waals surface area (Å²) in [5.41, 5.74) is 1.12. The molecule has 2 aromatic rings. The van der Waals surface area contributed by atoms with Crippen LogP contribution in [-0.2, 0) is 14.3 Å². The lowest BCUT2D eigenvalue weighted by molar-refractivity contribution is -0.143. The van der Waals surface area contributed by atoms with Gasteiger partial charge in [-0.2, -0.15) is 0 Å². The van der Waals surface area contributed by atoms with Crippen LogP contribution in [0.1, 0.15) is 5.56 Å². The lowest BCUT2D eigenvalue weighted by Crippen LogP contribution is -2.24. The number of amides is 1. The smallest absolute Gasteiger partial charge is 0.338 e. The molecule has 24 heavy (non-hydrogen) atoms. The van der Waals surface area contributed by atoms with Crippen LogP contribution in [0.25, 0.3) is 6.08 Å². The molecule has 2 aromatic carbocycles. The average Bonchev–Trinajstić information content (AvgIpc) is 2.61. The van der Waals surface area contributed by atoms with Crippen molar-refractivity contribution in [1.29, 1.82) is 0 Å². The first-order chi connectivity index (χ1) is 11.6. The summed E-state index contributed by atoms with van der Waals surface area (Å²) in [6, 6.07) is 13.0. The second-order valence-electron chi connectivity index (χ2n) is 5.10. The fourth-order valence-electron chi connectivity index (χ4n) is 2.21. The van der Waals surface area contributed by atoms with Crippen molar-refractivity contribution in [2.24, 2.45) is 0 Å². The van der Waals surface area contributed by atoms with Crippen LogP contribution in [0, 0.1) is 5.82 Å². The number of rotatable bonds is 4. The summed E-state index contributed by atoms with van der Waals surface area (Å²) >= 11 is 0. The van der Waals surface area contributed by atoms with Gasteiger partial charge in [0, 0.05) is 5.56 Å². The van der Waals surface area contributed by atoms with Crippen LogP contribution in [0.15, 0.2) is 54.1 Å². The van der Waals surface area contributed by atoms with Crippen LogP contribution >= 0.6 is 0 Å². The molecule has 1 N–H and O–H groups in total. The fraction of sp³-hybridized carbons (Fsp3) is 0.111. The Kier molecular flexibility index (Phi) is 4.56. The molecule has 0 fully saturated rings. The highest BCUT2D eigenvalue weighted by molar-refractivity contribution is 5.98. The van der Waals surface area contributed by atoms with Gasteiger partial charge in [0.25, 0.3) is 5.91 Å². The van der Waals surface area contributed by atoms with Gasteiger partial charge in [-0.25, -0.2) is 9.18 Å². The molecular weight excluding hydrogens is 313 g/mol. The maximum atomic E-state index is 13.4. The van der Waals surface area contributed by atoms with Crippen molar-refractivity contribution in [3.05, 3.63) is 65.5 Å². The standard InChI is InChI=1S/C18H14FNO4/c19-14-6-2-3-7-15(14)20-17(21)11-24-18(22)13-9-12-5-1-4-8-16(12)23-10-13/h1-9H,10-11H2,(H,20,21). The number of esters is 1. The molecule has 122 valence electrons. The molecule has 0 bridgehead atoms. The Morgan fingerprint density at radius 1 is 1.12 bits per heavy atom. The van der Waals surface area contributed by atoms with E-state index >= 15 is 0 Å². The van der Waals surface area contributed by atoms with Crippen molar-refractivity contribution in [1.82, 2.24) is 0 Å². The summed E-state index contributed by atoms with van der Waals surface area (Å²) in [4.78, 5) is 23.8. The molecule has 0 spiro atoms. The van der Waals surface area contributed by atoms with Gasteiger partial charge in [0.1, 0.15) is 18.2 Å². The highest BCUT2D eigenvalue weighted by Crippen LogP contribution is 2.26. The fourth-order valence-corrected chi connectivity index (χ4v) is 2.21. The Labute approximate surface area is 137 Å². The molecule has 1 heterocycles. The minimum Gasteiger partial charge on any atom is -0.488 e. The van der Waals surface area contributed by atoms with Crippen molar-refractivity contribution >= 4 is 23.6 Å². The topological polar surface area (TPSA) is 64.6 Å². The van der Waals surface area contributed by atoms with Crippen molar-refractivity contribution in [2.45, 2.75) is 0 Å². The SMILES string of the molecule is O=C(COC(=O)C1=Cc2ccccc2OC1)Nc1ccccc1F. The zero-order valence-electron chi connectivity index (χ0n) is 12.6. The van der Waals surface area contributed by atoms with Gasteiger partial charge >= 0.3 is 5.97 Å². The second-order valence-corrected chi connectivity index (χ2v) is 5.10. The average molecular weight is 327 g/mol. The number of ether oxygens (including phenoxy) is 2. The quantitative estimate of drug-likeness (QED) is 0.877. The Hall–Kier alpha value is -3.15. The summed E-state index contributed by atoms with van der Waals surface area (Å²) in [6.07, 6.45) is 1.66. The van der Waals surface area contributed by atoms with Crippen LogP contribution in [0.3, 0.4) is 0 Å². The molecule has 0 aromatic heterocycles. The van der Waals surface area contributed by atoms with E-state index in [0.717, 1.165) is 5.56 Å². The summed E-state index contributed by atoms with van der Waals surface area (Å²) in [7, 11) is 0. The van der Waals surface area contributed by atoms with E-state index in [-0.39, 0.29) is 12.3 Å². The third-order valence-electron chi connectivity index (χ3n) is 3.38. The van der Waals surface area contributed by atoms with Crippen molar-refractivity contribution in [3.8, 4) is 5.75 Å². The minimum absolute atomic E-state index is 0.0349. The summed E-state index contributed by atoms with van der Waals surface area (Å²) in [6.45, 7) is -0.434. The van der Waals surface area contributed by atoms with E-state index in [1.807, 2.05) is 18.2 Å². The van der Waals surface area contributed by atoms with Gasteiger partial charge in [0.2, 0.25) is 0 Å².